The lowest BCUT2D eigenvalue weighted by Crippen LogP contribution is -2.49. The highest BCUT2D eigenvalue weighted by Gasteiger charge is 2.38. The Hall–Kier alpha value is -2.44. The van der Waals surface area contributed by atoms with Gasteiger partial charge in [-0.2, -0.15) is 4.31 Å². The summed E-state index contributed by atoms with van der Waals surface area (Å²) < 4.78 is 34.9. The van der Waals surface area contributed by atoms with Gasteiger partial charge in [0.2, 0.25) is 10.0 Å². The van der Waals surface area contributed by atoms with Crippen molar-refractivity contribution in [3.05, 3.63) is 53.9 Å². The second kappa shape index (κ2) is 11.8. The monoisotopic (exact) mass is 485 g/mol. The SMILES string of the molecule is CCCC#Cc1ccc2c(c1)O[C@H](CN(C)Cc1ccccn1)[C@@H](C)CN([C@@H](C)CO)S2(=O)=O. The fourth-order valence-corrected chi connectivity index (χ4v) is 5.78. The molecule has 2 aromatic rings. The number of nitrogens with zero attached hydrogens (tertiary/aromatic N) is 3. The molecule has 1 aromatic carbocycles. The molecule has 1 aliphatic rings. The minimum atomic E-state index is -3.85. The molecule has 0 aliphatic carbocycles. The van der Waals surface area contributed by atoms with Gasteiger partial charge >= 0.3 is 0 Å². The summed E-state index contributed by atoms with van der Waals surface area (Å²) in [6.07, 6.45) is 3.24. The summed E-state index contributed by atoms with van der Waals surface area (Å²) in [7, 11) is -1.85. The van der Waals surface area contributed by atoms with E-state index in [-0.39, 0.29) is 30.1 Å². The topological polar surface area (TPSA) is 83.0 Å². The van der Waals surface area contributed by atoms with E-state index < -0.39 is 16.1 Å². The second-order valence-corrected chi connectivity index (χ2v) is 10.8. The maximum absolute atomic E-state index is 13.5. The Morgan fingerprint density at radius 1 is 1.32 bits per heavy atom. The summed E-state index contributed by atoms with van der Waals surface area (Å²) in [6, 6.07) is 10.3. The average molecular weight is 486 g/mol. The second-order valence-electron chi connectivity index (χ2n) is 8.97. The molecule has 184 valence electrons. The number of rotatable bonds is 7. The number of likely N-dealkylation sites (N-methyl/N-ethyl adjacent to an activating group) is 1. The number of unbranched alkanes of at least 4 members (excludes halogenated alkanes) is 1. The fraction of sp³-hybridized carbons (Fsp3) is 0.500. The van der Waals surface area contributed by atoms with Gasteiger partial charge in [-0.25, -0.2) is 8.42 Å². The number of fused-ring (bicyclic) bond motifs is 1. The maximum Gasteiger partial charge on any atom is 0.247 e. The lowest BCUT2D eigenvalue weighted by atomic mass is 10.0. The van der Waals surface area contributed by atoms with Gasteiger partial charge in [0.05, 0.1) is 12.3 Å². The Morgan fingerprint density at radius 3 is 2.79 bits per heavy atom. The van der Waals surface area contributed by atoms with Crippen LogP contribution in [0.2, 0.25) is 0 Å². The molecule has 1 aromatic heterocycles. The third-order valence-electron chi connectivity index (χ3n) is 5.92. The smallest absolute Gasteiger partial charge is 0.247 e. The summed E-state index contributed by atoms with van der Waals surface area (Å²) >= 11 is 0. The predicted molar refractivity (Wildman–Crippen MR) is 133 cm³/mol. The molecule has 1 N–H and O–H groups in total. The van der Waals surface area contributed by atoms with Crippen LogP contribution in [0.25, 0.3) is 0 Å². The van der Waals surface area contributed by atoms with E-state index in [4.69, 9.17) is 4.74 Å². The minimum absolute atomic E-state index is 0.109. The number of benzene rings is 1. The third-order valence-corrected chi connectivity index (χ3v) is 7.94. The van der Waals surface area contributed by atoms with Gasteiger partial charge in [-0.15, -0.1) is 0 Å². The molecule has 0 radical (unpaired) electrons. The Bertz CT molecular complexity index is 1110. The van der Waals surface area contributed by atoms with E-state index in [0.29, 0.717) is 18.8 Å². The molecule has 0 saturated carbocycles. The van der Waals surface area contributed by atoms with Crippen LogP contribution in [0.3, 0.4) is 0 Å². The number of aliphatic hydroxyl groups is 1. The molecule has 0 amide bonds. The summed E-state index contributed by atoms with van der Waals surface area (Å²) in [6.45, 7) is 7.01. The van der Waals surface area contributed by atoms with Gasteiger partial charge in [0.1, 0.15) is 16.7 Å². The quantitative estimate of drug-likeness (QED) is 0.607. The number of pyridine rings is 1. The lowest BCUT2D eigenvalue weighted by Gasteiger charge is -2.37. The largest absolute Gasteiger partial charge is 0.487 e. The van der Waals surface area contributed by atoms with E-state index in [1.54, 1.807) is 31.3 Å². The first kappa shape index (κ1) is 26.2. The molecule has 0 unspecified atom stereocenters. The molecule has 1 aliphatic heterocycles. The minimum Gasteiger partial charge on any atom is -0.487 e. The molecule has 0 fully saturated rings. The first-order chi connectivity index (χ1) is 16.3. The van der Waals surface area contributed by atoms with Crippen molar-refractivity contribution in [2.45, 2.75) is 57.2 Å². The predicted octanol–water partition coefficient (Wildman–Crippen LogP) is 3.13. The van der Waals surface area contributed by atoms with Crippen LogP contribution >= 0.6 is 0 Å². The van der Waals surface area contributed by atoms with Gasteiger partial charge in [-0.1, -0.05) is 31.8 Å². The molecule has 3 atom stereocenters. The van der Waals surface area contributed by atoms with E-state index in [0.717, 1.165) is 24.1 Å². The van der Waals surface area contributed by atoms with Gasteiger partial charge in [0.25, 0.3) is 0 Å². The first-order valence-corrected chi connectivity index (χ1v) is 13.2. The summed E-state index contributed by atoms with van der Waals surface area (Å²) in [5.41, 5.74) is 1.67. The fourth-order valence-electron chi connectivity index (χ4n) is 3.95. The van der Waals surface area contributed by atoms with Crippen LogP contribution in [0.4, 0.5) is 0 Å². The van der Waals surface area contributed by atoms with Crippen molar-refractivity contribution in [2.24, 2.45) is 5.92 Å². The van der Waals surface area contributed by atoms with Crippen LogP contribution in [-0.2, 0) is 16.6 Å². The highest BCUT2D eigenvalue weighted by atomic mass is 32.2. The molecule has 0 saturated heterocycles. The molecule has 3 rings (SSSR count). The highest BCUT2D eigenvalue weighted by Crippen LogP contribution is 2.34. The van der Waals surface area contributed by atoms with Crippen molar-refractivity contribution < 1.29 is 18.3 Å². The van der Waals surface area contributed by atoms with Gasteiger partial charge in [-0.3, -0.25) is 9.88 Å². The number of sulfonamides is 1. The number of aromatic nitrogens is 1. The summed E-state index contributed by atoms with van der Waals surface area (Å²) in [4.78, 5) is 6.64. The van der Waals surface area contributed by atoms with Crippen molar-refractivity contribution in [3.8, 4) is 17.6 Å². The molecule has 8 heteroatoms. The van der Waals surface area contributed by atoms with Crippen molar-refractivity contribution in [3.63, 3.8) is 0 Å². The van der Waals surface area contributed by atoms with E-state index in [9.17, 15) is 13.5 Å². The number of hydrogen-bond acceptors (Lipinski definition) is 6. The zero-order chi connectivity index (χ0) is 24.7. The molecular formula is C26H35N3O4S. The van der Waals surface area contributed by atoms with Gasteiger partial charge < -0.3 is 9.84 Å². The molecule has 2 heterocycles. The molecule has 0 spiro atoms. The highest BCUT2D eigenvalue weighted by molar-refractivity contribution is 7.89. The Morgan fingerprint density at radius 2 is 2.12 bits per heavy atom. The third kappa shape index (κ3) is 6.36. The Balaban J connectivity index is 1.97. The van der Waals surface area contributed by atoms with Crippen LogP contribution in [0.15, 0.2) is 47.5 Å². The number of ether oxygens (including phenoxy) is 1. The van der Waals surface area contributed by atoms with E-state index >= 15 is 0 Å². The van der Waals surface area contributed by atoms with Crippen LogP contribution in [0.5, 0.6) is 5.75 Å². The average Bonchev–Trinajstić information content (AvgIpc) is 2.81. The van der Waals surface area contributed by atoms with E-state index in [1.165, 1.54) is 4.31 Å². The summed E-state index contributed by atoms with van der Waals surface area (Å²) in [5, 5.41) is 9.78. The molecule has 0 bridgehead atoms. The van der Waals surface area contributed by atoms with Crippen molar-refractivity contribution >= 4 is 10.0 Å². The van der Waals surface area contributed by atoms with Gasteiger partial charge in [-0.05, 0) is 50.7 Å². The van der Waals surface area contributed by atoms with Crippen molar-refractivity contribution in [2.75, 3.05) is 26.7 Å². The maximum atomic E-state index is 13.5. The molecular weight excluding hydrogens is 450 g/mol. The number of aliphatic hydroxyl groups excluding tert-OH is 1. The Kier molecular flexibility index (Phi) is 9.09. The summed E-state index contributed by atoms with van der Waals surface area (Å²) in [5.74, 6) is 6.41. The van der Waals surface area contributed by atoms with Gasteiger partial charge in [0.15, 0.2) is 0 Å². The Labute approximate surface area is 203 Å². The zero-order valence-corrected chi connectivity index (χ0v) is 21.3. The standard InChI is InChI=1S/C26H35N3O4S/c1-5-6-7-10-22-12-13-26-24(15-22)33-25(18-28(4)17-23-11-8-9-14-27-23)20(2)16-29(21(3)19-30)34(26,31)32/h8-9,11-15,20-21,25,30H,5-6,16-19H2,1-4H3/t20-,21-,25+/m0/s1. The normalized spacial score (nSPS) is 20.9. The lowest BCUT2D eigenvalue weighted by molar-refractivity contribution is 0.0730. The van der Waals surface area contributed by atoms with Gasteiger partial charge in [0, 0.05) is 49.8 Å². The van der Waals surface area contributed by atoms with Crippen molar-refractivity contribution in [1.82, 2.24) is 14.2 Å². The van der Waals surface area contributed by atoms with Crippen LogP contribution < -0.4 is 4.74 Å². The zero-order valence-electron chi connectivity index (χ0n) is 20.4. The van der Waals surface area contributed by atoms with Crippen molar-refractivity contribution in [1.29, 1.82) is 0 Å². The number of hydrogen-bond donors (Lipinski definition) is 1. The van der Waals surface area contributed by atoms with E-state index in [1.807, 2.05) is 32.2 Å². The molecule has 34 heavy (non-hydrogen) atoms. The van der Waals surface area contributed by atoms with Crippen LogP contribution in [0.1, 0.15) is 44.9 Å². The van der Waals surface area contributed by atoms with Crippen LogP contribution in [0, 0.1) is 17.8 Å². The van der Waals surface area contributed by atoms with Crippen LogP contribution in [-0.4, -0.2) is 66.6 Å². The van der Waals surface area contributed by atoms with E-state index in [2.05, 4.69) is 28.6 Å². The molecule has 7 nitrogen and oxygen atoms in total. The first-order valence-electron chi connectivity index (χ1n) is 11.8.